The Kier molecular flexibility index (Phi) is 6.24. The molecule has 1 atom stereocenters. The zero-order valence-corrected chi connectivity index (χ0v) is 13.0. The van der Waals surface area contributed by atoms with Gasteiger partial charge < -0.3 is 14.5 Å². The Morgan fingerprint density at radius 2 is 1.74 bits per heavy atom. The number of anilines is 2. The SMILES string of the molecule is CCN(CC)c1nc(Cl)nc(N(C)C(C)COC)n1. The number of methoxy groups -OCH3 is 1. The summed E-state index contributed by atoms with van der Waals surface area (Å²) in [6.45, 7) is 8.40. The van der Waals surface area contributed by atoms with Crippen LogP contribution < -0.4 is 9.80 Å². The lowest BCUT2D eigenvalue weighted by Gasteiger charge is -2.26. The Labute approximate surface area is 119 Å². The average Bonchev–Trinajstić information content (AvgIpc) is 2.39. The smallest absolute Gasteiger partial charge is 0.231 e. The Hall–Kier alpha value is -1.14. The molecule has 1 aromatic rings. The lowest BCUT2D eigenvalue weighted by atomic mass is 10.3. The molecule has 19 heavy (non-hydrogen) atoms. The summed E-state index contributed by atoms with van der Waals surface area (Å²) in [4.78, 5) is 16.8. The molecule has 0 amide bonds. The van der Waals surface area contributed by atoms with E-state index in [0.29, 0.717) is 18.5 Å². The Bertz CT molecular complexity index is 400. The maximum Gasteiger partial charge on any atom is 0.231 e. The fourth-order valence-corrected chi connectivity index (χ4v) is 1.84. The van der Waals surface area contributed by atoms with Crippen LogP contribution in [-0.4, -0.2) is 54.8 Å². The van der Waals surface area contributed by atoms with Gasteiger partial charge in [-0.3, -0.25) is 0 Å². The highest BCUT2D eigenvalue weighted by atomic mass is 35.5. The van der Waals surface area contributed by atoms with Crippen molar-refractivity contribution in [1.29, 1.82) is 0 Å². The first-order valence-electron chi connectivity index (χ1n) is 6.41. The second-order valence-corrected chi connectivity index (χ2v) is 4.63. The summed E-state index contributed by atoms with van der Waals surface area (Å²) in [5.74, 6) is 1.17. The predicted molar refractivity (Wildman–Crippen MR) is 78.1 cm³/mol. The monoisotopic (exact) mass is 287 g/mol. The minimum atomic E-state index is 0.160. The molecule has 0 aromatic carbocycles. The topological polar surface area (TPSA) is 54.4 Å². The van der Waals surface area contributed by atoms with Crippen molar-refractivity contribution in [3.8, 4) is 0 Å². The number of likely N-dealkylation sites (N-methyl/N-ethyl adjacent to an activating group) is 1. The summed E-state index contributed by atoms with van der Waals surface area (Å²) in [5, 5.41) is 0.211. The Morgan fingerprint density at radius 3 is 2.26 bits per heavy atom. The lowest BCUT2D eigenvalue weighted by Crippen LogP contribution is -2.35. The second-order valence-electron chi connectivity index (χ2n) is 4.29. The normalized spacial score (nSPS) is 12.3. The van der Waals surface area contributed by atoms with Gasteiger partial charge in [-0.2, -0.15) is 15.0 Å². The van der Waals surface area contributed by atoms with Gasteiger partial charge in [-0.25, -0.2) is 0 Å². The molecule has 1 aromatic heterocycles. The Morgan fingerprint density at radius 1 is 1.16 bits per heavy atom. The van der Waals surface area contributed by atoms with Crippen molar-refractivity contribution >= 4 is 23.5 Å². The van der Waals surface area contributed by atoms with E-state index in [4.69, 9.17) is 16.3 Å². The number of hydrogen-bond acceptors (Lipinski definition) is 6. The minimum absolute atomic E-state index is 0.160. The quantitative estimate of drug-likeness (QED) is 0.763. The molecule has 0 aliphatic heterocycles. The highest BCUT2D eigenvalue weighted by Crippen LogP contribution is 2.17. The van der Waals surface area contributed by atoms with Crippen LogP contribution in [0.25, 0.3) is 0 Å². The first kappa shape index (κ1) is 15.9. The molecule has 0 fully saturated rings. The average molecular weight is 288 g/mol. The molecule has 0 spiro atoms. The number of hydrogen-bond donors (Lipinski definition) is 0. The van der Waals surface area contributed by atoms with Gasteiger partial charge in [0.25, 0.3) is 0 Å². The third-order valence-corrected chi connectivity index (χ3v) is 3.18. The third-order valence-electron chi connectivity index (χ3n) is 3.02. The molecule has 108 valence electrons. The van der Waals surface area contributed by atoms with Crippen molar-refractivity contribution in [3.63, 3.8) is 0 Å². The van der Waals surface area contributed by atoms with Gasteiger partial charge in [0, 0.05) is 27.2 Å². The number of ether oxygens (including phenoxy) is 1. The van der Waals surface area contributed by atoms with E-state index in [2.05, 4.69) is 28.8 Å². The van der Waals surface area contributed by atoms with E-state index in [1.165, 1.54) is 0 Å². The number of aromatic nitrogens is 3. The van der Waals surface area contributed by atoms with Gasteiger partial charge in [0.1, 0.15) is 0 Å². The van der Waals surface area contributed by atoms with Gasteiger partial charge >= 0.3 is 0 Å². The van der Waals surface area contributed by atoms with Gasteiger partial charge in [0.2, 0.25) is 17.2 Å². The standard InChI is InChI=1S/C12H22ClN5O/c1-6-18(7-2)12-15-10(13)14-11(16-12)17(4)9(3)8-19-5/h9H,6-8H2,1-5H3. The molecule has 6 nitrogen and oxygen atoms in total. The Balaban J connectivity index is 3.01. The van der Waals surface area contributed by atoms with E-state index >= 15 is 0 Å². The van der Waals surface area contributed by atoms with E-state index in [1.807, 2.05) is 23.8 Å². The molecule has 0 saturated carbocycles. The van der Waals surface area contributed by atoms with Crippen LogP contribution in [-0.2, 0) is 4.74 Å². The van der Waals surface area contributed by atoms with Crippen LogP contribution in [0, 0.1) is 0 Å². The fourth-order valence-electron chi connectivity index (χ4n) is 1.69. The third kappa shape index (κ3) is 4.18. The molecule has 0 radical (unpaired) electrons. The van der Waals surface area contributed by atoms with Crippen LogP contribution in [0.5, 0.6) is 0 Å². The maximum absolute atomic E-state index is 5.99. The molecule has 0 aliphatic rings. The van der Waals surface area contributed by atoms with Crippen LogP contribution in [0.15, 0.2) is 0 Å². The largest absolute Gasteiger partial charge is 0.383 e. The summed E-state index contributed by atoms with van der Waals surface area (Å²) in [6.07, 6.45) is 0. The molecule has 0 bridgehead atoms. The van der Waals surface area contributed by atoms with Crippen molar-refractivity contribution in [3.05, 3.63) is 5.28 Å². The van der Waals surface area contributed by atoms with Crippen molar-refractivity contribution < 1.29 is 4.74 Å². The van der Waals surface area contributed by atoms with E-state index < -0.39 is 0 Å². The molecule has 1 heterocycles. The van der Waals surface area contributed by atoms with E-state index in [1.54, 1.807) is 7.11 Å². The van der Waals surface area contributed by atoms with E-state index in [9.17, 15) is 0 Å². The van der Waals surface area contributed by atoms with Gasteiger partial charge in [-0.1, -0.05) is 0 Å². The number of rotatable bonds is 7. The molecule has 1 unspecified atom stereocenters. The van der Waals surface area contributed by atoms with Crippen molar-refractivity contribution in [1.82, 2.24) is 15.0 Å². The second kappa shape index (κ2) is 7.45. The summed E-state index contributed by atoms with van der Waals surface area (Å²) in [6, 6.07) is 0.160. The summed E-state index contributed by atoms with van der Waals surface area (Å²) < 4.78 is 5.14. The molecule has 1 rings (SSSR count). The van der Waals surface area contributed by atoms with Gasteiger partial charge in [0.15, 0.2) is 0 Å². The first-order valence-corrected chi connectivity index (χ1v) is 6.79. The zero-order chi connectivity index (χ0) is 14.4. The molecule has 0 saturated heterocycles. The predicted octanol–water partition coefficient (Wildman–Crippen LogP) is 1.84. The number of halogens is 1. The van der Waals surface area contributed by atoms with Crippen molar-refractivity contribution in [2.45, 2.75) is 26.8 Å². The van der Waals surface area contributed by atoms with Crippen LogP contribution in [0.4, 0.5) is 11.9 Å². The van der Waals surface area contributed by atoms with Crippen LogP contribution >= 0.6 is 11.6 Å². The van der Waals surface area contributed by atoms with Crippen LogP contribution in [0.3, 0.4) is 0 Å². The van der Waals surface area contributed by atoms with Crippen molar-refractivity contribution in [2.24, 2.45) is 0 Å². The lowest BCUT2D eigenvalue weighted by molar-refractivity contribution is 0.183. The fraction of sp³-hybridized carbons (Fsp3) is 0.750. The molecule has 0 aliphatic carbocycles. The zero-order valence-electron chi connectivity index (χ0n) is 12.2. The molecular formula is C12H22ClN5O. The molecular weight excluding hydrogens is 266 g/mol. The minimum Gasteiger partial charge on any atom is -0.383 e. The van der Waals surface area contributed by atoms with Crippen LogP contribution in [0.1, 0.15) is 20.8 Å². The molecule has 0 N–H and O–H groups in total. The summed E-state index contributed by atoms with van der Waals surface area (Å²) in [7, 11) is 3.59. The first-order chi connectivity index (χ1) is 9.03. The molecule has 7 heteroatoms. The van der Waals surface area contributed by atoms with E-state index in [-0.39, 0.29) is 11.3 Å². The highest BCUT2D eigenvalue weighted by Gasteiger charge is 2.16. The number of nitrogens with zero attached hydrogens (tertiary/aromatic N) is 5. The highest BCUT2D eigenvalue weighted by molar-refractivity contribution is 6.28. The van der Waals surface area contributed by atoms with Gasteiger partial charge in [-0.15, -0.1) is 0 Å². The van der Waals surface area contributed by atoms with E-state index in [0.717, 1.165) is 13.1 Å². The van der Waals surface area contributed by atoms with Gasteiger partial charge in [0.05, 0.1) is 12.6 Å². The van der Waals surface area contributed by atoms with Crippen LogP contribution in [0.2, 0.25) is 5.28 Å². The summed E-state index contributed by atoms with van der Waals surface area (Å²) in [5.41, 5.74) is 0. The maximum atomic E-state index is 5.99. The van der Waals surface area contributed by atoms with Crippen molar-refractivity contribution in [2.75, 3.05) is 43.7 Å². The van der Waals surface area contributed by atoms with Gasteiger partial charge in [-0.05, 0) is 32.4 Å². The summed E-state index contributed by atoms with van der Waals surface area (Å²) >= 11 is 5.99.